The van der Waals surface area contributed by atoms with E-state index in [4.69, 9.17) is 17.2 Å². The summed E-state index contributed by atoms with van der Waals surface area (Å²) in [5.74, 6) is 0.714. The molecule has 0 aliphatic rings. The summed E-state index contributed by atoms with van der Waals surface area (Å²) in [6.45, 7) is 6.26. The average Bonchev–Trinajstić information content (AvgIpc) is 3.15. The molecule has 0 fully saturated rings. The van der Waals surface area contributed by atoms with E-state index in [0.29, 0.717) is 25.2 Å². The van der Waals surface area contributed by atoms with E-state index in [0.717, 1.165) is 16.9 Å². The van der Waals surface area contributed by atoms with E-state index in [1.807, 2.05) is 66.1 Å². The van der Waals surface area contributed by atoms with E-state index in [2.05, 4.69) is 32.0 Å². The van der Waals surface area contributed by atoms with E-state index in [-0.39, 0.29) is 5.56 Å². The minimum atomic E-state index is -0.0947. The van der Waals surface area contributed by atoms with Crippen LogP contribution in [-0.2, 0) is 5.75 Å². The Morgan fingerprint density at radius 3 is 2.38 bits per heavy atom. The van der Waals surface area contributed by atoms with Crippen molar-refractivity contribution >= 4 is 45.7 Å². The molecule has 0 unspecified atom stereocenters. The smallest absolute Gasteiger partial charge is 0.275 e. The maximum Gasteiger partial charge on any atom is 0.278 e. The van der Waals surface area contributed by atoms with E-state index in [9.17, 15) is 4.79 Å². The molecule has 0 bridgehead atoms. The van der Waals surface area contributed by atoms with Crippen molar-refractivity contribution in [3.05, 3.63) is 109 Å². The molecule has 2 heterocycles. The highest BCUT2D eigenvalue weighted by Gasteiger charge is 2.19. The Kier molecular flexibility index (Phi) is 6.25. The molecule has 3 aromatic carbocycles. The van der Waals surface area contributed by atoms with Crippen molar-refractivity contribution in [3.63, 3.8) is 0 Å². The number of hydrogen-bond donors (Lipinski definition) is 0. The standard InChI is InChI=1S/C27H23N3OS3/c1-17-13-14-20(19(3)15-17)16-33-26-28-24-23(25(31)29(26)21-10-5-4-6-11-21)34-27(32)30(24)22-12-8-7-9-18(22)2/h4-15H,16H2,1-3H3. The van der Waals surface area contributed by atoms with Crippen LogP contribution >= 0.6 is 35.3 Å². The van der Waals surface area contributed by atoms with Crippen molar-refractivity contribution in [2.45, 2.75) is 31.7 Å². The molecule has 5 aromatic rings. The van der Waals surface area contributed by atoms with Gasteiger partial charge in [-0.25, -0.2) is 4.98 Å². The van der Waals surface area contributed by atoms with Gasteiger partial charge in [0.25, 0.3) is 5.56 Å². The number of benzene rings is 3. The van der Waals surface area contributed by atoms with Crippen LogP contribution in [0.5, 0.6) is 0 Å². The highest BCUT2D eigenvalue weighted by atomic mass is 32.2. The second kappa shape index (κ2) is 9.33. The number of para-hydroxylation sites is 2. The Morgan fingerprint density at radius 2 is 1.65 bits per heavy atom. The minimum Gasteiger partial charge on any atom is -0.275 e. The first-order valence-electron chi connectivity index (χ1n) is 10.9. The molecule has 0 aliphatic carbocycles. The molecule has 170 valence electrons. The molecule has 34 heavy (non-hydrogen) atoms. The molecule has 0 saturated heterocycles. The van der Waals surface area contributed by atoms with Crippen LogP contribution in [0.2, 0.25) is 0 Å². The van der Waals surface area contributed by atoms with Crippen molar-refractivity contribution in [1.82, 2.24) is 14.1 Å². The normalized spacial score (nSPS) is 11.3. The Morgan fingerprint density at radius 1 is 0.912 bits per heavy atom. The van der Waals surface area contributed by atoms with E-state index in [1.165, 1.54) is 28.0 Å². The molecule has 0 aliphatic heterocycles. The third-order valence-electron chi connectivity index (χ3n) is 5.80. The van der Waals surface area contributed by atoms with Gasteiger partial charge in [0.2, 0.25) is 0 Å². The zero-order chi connectivity index (χ0) is 23.8. The number of nitrogens with zero attached hydrogens (tertiary/aromatic N) is 3. The van der Waals surface area contributed by atoms with Crippen molar-refractivity contribution in [2.75, 3.05) is 0 Å². The summed E-state index contributed by atoms with van der Waals surface area (Å²) in [7, 11) is 0. The quantitative estimate of drug-likeness (QED) is 0.145. The fourth-order valence-electron chi connectivity index (χ4n) is 4.01. The van der Waals surface area contributed by atoms with E-state index < -0.39 is 0 Å². The van der Waals surface area contributed by atoms with Gasteiger partial charge in [-0.15, -0.1) is 0 Å². The molecule has 5 rings (SSSR count). The number of rotatable bonds is 5. The maximum absolute atomic E-state index is 13.8. The second-order valence-electron chi connectivity index (χ2n) is 8.23. The van der Waals surface area contributed by atoms with Crippen molar-refractivity contribution in [2.24, 2.45) is 0 Å². The molecule has 0 N–H and O–H groups in total. The third-order valence-corrected chi connectivity index (χ3v) is 8.14. The highest BCUT2D eigenvalue weighted by molar-refractivity contribution is 7.98. The van der Waals surface area contributed by atoms with E-state index >= 15 is 0 Å². The number of fused-ring (bicyclic) bond motifs is 1. The summed E-state index contributed by atoms with van der Waals surface area (Å²) in [5, 5.41) is 0.652. The van der Waals surface area contributed by atoms with Crippen LogP contribution in [0.1, 0.15) is 22.3 Å². The number of hydrogen-bond acceptors (Lipinski definition) is 5. The Bertz CT molecular complexity index is 1630. The highest BCUT2D eigenvalue weighted by Crippen LogP contribution is 2.30. The fourth-order valence-corrected chi connectivity index (χ4v) is 6.38. The fraction of sp³-hybridized carbons (Fsp3) is 0.148. The largest absolute Gasteiger partial charge is 0.278 e. The van der Waals surface area contributed by atoms with Crippen molar-refractivity contribution < 1.29 is 0 Å². The van der Waals surface area contributed by atoms with Crippen LogP contribution in [0.25, 0.3) is 21.7 Å². The monoisotopic (exact) mass is 501 g/mol. The molecule has 4 nitrogen and oxygen atoms in total. The van der Waals surface area contributed by atoms with Gasteiger partial charge in [-0.05, 0) is 67.9 Å². The van der Waals surface area contributed by atoms with Crippen LogP contribution in [0.3, 0.4) is 0 Å². The van der Waals surface area contributed by atoms with Gasteiger partial charge in [-0.3, -0.25) is 13.9 Å². The van der Waals surface area contributed by atoms with Gasteiger partial charge in [0.1, 0.15) is 4.70 Å². The lowest BCUT2D eigenvalue weighted by Crippen LogP contribution is -2.21. The van der Waals surface area contributed by atoms with Crippen molar-refractivity contribution in [3.8, 4) is 11.4 Å². The van der Waals surface area contributed by atoms with Gasteiger partial charge in [0.15, 0.2) is 14.8 Å². The van der Waals surface area contributed by atoms with Crippen LogP contribution in [0.4, 0.5) is 0 Å². The summed E-state index contributed by atoms with van der Waals surface area (Å²) in [6, 6.07) is 24.2. The lowest BCUT2D eigenvalue weighted by atomic mass is 10.1. The molecule has 0 amide bonds. The topological polar surface area (TPSA) is 39.8 Å². The van der Waals surface area contributed by atoms with Crippen LogP contribution < -0.4 is 5.56 Å². The Hall–Kier alpha value is -3.00. The second-order valence-corrected chi connectivity index (χ2v) is 10.8. The van der Waals surface area contributed by atoms with Crippen LogP contribution in [-0.4, -0.2) is 14.1 Å². The molecular weight excluding hydrogens is 479 g/mol. The summed E-state index contributed by atoms with van der Waals surface area (Å²) in [6.07, 6.45) is 0. The number of aryl methyl sites for hydroxylation is 3. The Balaban J connectivity index is 1.73. The van der Waals surface area contributed by atoms with E-state index in [1.54, 1.807) is 16.3 Å². The van der Waals surface area contributed by atoms with Crippen molar-refractivity contribution in [1.29, 1.82) is 0 Å². The number of aromatic nitrogens is 3. The van der Waals surface area contributed by atoms with Gasteiger partial charge in [-0.1, -0.05) is 83.3 Å². The number of thiazole rings is 1. The predicted molar refractivity (Wildman–Crippen MR) is 146 cm³/mol. The predicted octanol–water partition coefficient (Wildman–Crippen LogP) is 7.18. The molecule has 0 saturated carbocycles. The van der Waals surface area contributed by atoms with Crippen LogP contribution in [0, 0.1) is 24.7 Å². The number of thioether (sulfide) groups is 1. The average molecular weight is 502 g/mol. The van der Waals surface area contributed by atoms with Gasteiger partial charge in [0, 0.05) is 5.75 Å². The SMILES string of the molecule is Cc1ccc(CSc2nc3c(sc(=S)n3-c3ccccc3C)c(=O)n2-c2ccccc2)c(C)c1. The van der Waals surface area contributed by atoms with Gasteiger partial charge in [0.05, 0.1) is 11.4 Å². The third kappa shape index (κ3) is 4.15. The first kappa shape index (κ1) is 22.8. The molecule has 2 aromatic heterocycles. The first-order chi connectivity index (χ1) is 16.4. The summed E-state index contributed by atoms with van der Waals surface area (Å²) < 4.78 is 4.82. The van der Waals surface area contributed by atoms with Gasteiger partial charge >= 0.3 is 0 Å². The molecule has 0 spiro atoms. The minimum absolute atomic E-state index is 0.0947. The molecule has 0 radical (unpaired) electrons. The summed E-state index contributed by atoms with van der Waals surface area (Å²) in [5.41, 5.74) is 7.05. The lowest BCUT2D eigenvalue weighted by molar-refractivity contribution is 0.811. The molecule has 7 heteroatoms. The lowest BCUT2D eigenvalue weighted by Gasteiger charge is -2.14. The molecular formula is C27H23N3OS3. The maximum atomic E-state index is 13.8. The Labute approximate surface area is 211 Å². The van der Waals surface area contributed by atoms with Gasteiger partial charge < -0.3 is 0 Å². The molecule has 0 atom stereocenters. The van der Waals surface area contributed by atoms with Gasteiger partial charge in [-0.2, -0.15) is 0 Å². The zero-order valence-corrected chi connectivity index (χ0v) is 21.6. The van der Waals surface area contributed by atoms with Crippen LogP contribution in [0.15, 0.2) is 82.7 Å². The summed E-state index contributed by atoms with van der Waals surface area (Å²) in [4.78, 5) is 18.9. The first-order valence-corrected chi connectivity index (χ1v) is 13.1. The zero-order valence-electron chi connectivity index (χ0n) is 19.1. The summed E-state index contributed by atoms with van der Waals surface area (Å²) >= 11 is 8.60.